The highest BCUT2D eigenvalue weighted by Crippen LogP contribution is 2.41. The number of hydrogen-bond acceptors (Lipinski definition) is 9. The van der Waals surface area contributed by atoms with Gasteiger partial charge in [-0.1, -0.05) is 0 Å². The number of H-pyrrole nitrogens is 1. The van der Waals surface area contributed by atoms with Gasteiger partial charge in [0, 0.05) is 36.4 Å². The van der Waals surface area contributed by atoms with Gasteiger partial charge in [-0.3, -0.25) is 5.10 Å². The molecular weight excluding hydrogens is 479 g/mol. The first-order valence-electron chi connectivity index (χ1n) is 11.3. The van der Waals surface area contributed by atoms with E-state index in [0.717, 1.165) is 12.8 Å². The summed E-state index contributed by atoms with van der Waals surface area (Å²) in [5, 5.41) is 28.8. The summed E-state index contributed by atoms with van der Waals surface area (Å²) in [5.41, 5.74) is 0.461. The number of phenols is 1. The van der Waals surface area contributed by atoms with Crippen LogP contribution in [0.25, 0.3) is 22.4 Å². The normalized spacial score (nSPS) is 15.2. The number of aromatic hydroxyl groups is 1. The minimum Gasteiger partial charge on any atom is -0.507 e. The first kappa shape index (κ1) is 25.4. The summed E-state index contributed by atoms with van der Waals surface area (Å²) in [6.07, 6.45) is 0.687. The van der Waals surface area contributed by atoms with Gasteiger partial charge < -0.3 is 20.1 Å². The maximum absolute atomic E-state index is 12.9. The summed E-state index contributed by atoms with van der Waals surface area (Å²) < 4.78 is 43.4. The molecule has 10 nitrogen and oxygen atoms in total. The number of aromatic nitrogens is 5. The van der Waals surface area contributed by atoms with E-state index in [1.165, 1.54) is 30.7 Å². The van der Waals surface area contributed by atoms with Crippen LogP contribution in [-0.4, -0.2) is 67.3 Å². The smallest absolute Gasteiger partial charge is 0.491 e. The molecule has 1 fully saturated rings. The Balaban J connectivity index is 1.60. The molecule has 0 radical (unpaired) electrons. The van der Waals surface area contributed by atoms with Crippen LogP contribution >= 0.6 is 0 Å². The Kier molecular flexibility index (Phi) is 6.85. The molecular formula is C23H26F3N7O3. The Labute approximate surface area is 204 Å². The number of halogens is 3. The number of piperidine rings is 1. The number of phenolic OH excluding ortho intramolecular Hbond substituents is 1. The maximum atomic E-state index is 12.9. The van der Waals surface area contributed by atoms with Crippen LogP contribution in [-0.2, 0) is 4.79 Å². The molecule has 13 heteroatoms. The number of alkyl halides is 3. The number of esters is 1. The van der Waals surface area contributed by atoms with Gasteiger partial charge in [0.2, 0.25) is 5.95 Å². The number of nitrogens with zero attached hydrogens (tertiary/aromatic N) is 5. The van der Waals surface area contributed by atoms with Crippen molar-refractivity contribution in [1.29, 1.82) is 0 Å². The predicted molar refractivity (Wildman–Crippen MR) is 124 cm³/mol. The molecule has 0 amide bonds. The van der Waals surface area contributed by atoms with Crippen molar-refractivity contribution in [3.8, 4) is 33.9 Å². The van der Waals surface area contributed by atoms with E-state index in [2.05, 4.69) is 56.2 Å². The summed E-state index contributed by atoms with van der Waals surface area (Å²) >= 11 is 0. The molecule has 0 unspecified atom stereocenters. The van der Waals surface area contributed by atoms with Crippen LogP contribution in [0.15, 0.2) is 30.7 Å². The van der Waals surface area contributed by atoms with Crippen molar-refractivity contribution in [3.63, 3.8) is 0 Å². The zero-order valence-corrected chi connectivity index (χ0v) is 19.9. The molecule has 192 valence electrons. The van der Waals surface area contributed by atoms with Crippen LogP contribution in [0.3, 0.4) is 0 Å². The molecule has 1 aliphatic rings. The molecule has 4 rings (SSSR count). The quantitative estimate of drug-likeness (QED) is 0.353. The highest BCUT2D eigenvalue weighted by atomic mass is 19.4. The lowest BCUT2D eigenvalue weighted by molar-refractivity contribution is -0.189. The van der Waals surface area contributed by atoms with Crippen molar-refractivity contribution >= 4 is 11.9 Å². The third-order valence-electron chi connectivity index (χ3n) is 5.57. The van der Waals surface area contributed by atoms with Crippen LogP contribution in [0.1, 0.15) is 33.6 Å². The molecule has 3 aromatic rings. The number of aromatic amines is 1. The number of rotatable bonds is 5. The van der Waals surface area contributed by atoms with E-state index in [-0.39, 0.29) is 22.4 Å². The fourth-order valence-electron chi connectivity index (χ4n) is 4.04. The second kappa shape index (κ2) is 9.72. The molecule has 0 atom stereocenters. The first-order chi connectivity index (χ1) is 16.9. The number of nitrogens with one attached hydrogen (secondary N) is 2. The van der Waals surface area contributed by atoms with Gasteiger partial charge in [0.05, 0.1) is 18.0 Å². The Bertz CT molecular complexity index is 1200. The second-order valence-electron chi connectivity index (χ2n) is 9.54. The number of carbonyl (C=O) groups excluding carboxylic acids is 1. The number of anilines is 1. The zero-order chi connectivity index (χ0) is 26.1. The van der Waals surface area contributed by atoms with E-state index in [1.54, 1.807) is 0 Å². The van der Waals surface area contributed by atoms with Gasteiger partial charge in [0.15, 0.2) is 0 Å². The van der Waals surface area contributed by atoms with Gasteiger partial charge in [-0.2, -0.15) is 18.3 Å². The molecule has 2 aromatic heterocycles. The summed E-state index contributed by atoms with van der Waals surface area (Å²) in [6, 6.07) is 2.85. The summed E-state index contributed by atoms with van der Waals surface area (Å²) in [5.74, 6) is -3.07. The fourth-order valence-corrected chi connectivity index (χ4v) is 4.04. The Hall–Kier alpha value is -3.74. The predicted octanol–water partition coefficient (Wildman–Crippen LogP) is 3.46. The van der Waals surface area contributed by atoms with E-state index < -0.39 is 23.6 Å². The molecule has 0 aliphatic carbocycles. The molecule has 0 bridgehead atoms. The summed E-state index contributed by atoms with van der Waals surface area (Å²) in [6.45, 7) is 7.75. The minimum atomic E-state index is -5.24. The Morgan fingerprint density at radius 2 is 1.86 bits per heavy atom. The van der Waals surface area contributed by atoms with E-state index in [4.69, 9.17) is 0 Å². The van der Waals surface area contributed by atoms with Crippen LogP contribution in [0.4, 0.5) is 19.1 Å². The van der Waals surface area contributed by atoms with Crippen LogP contribution < -0.4 is 15.0 Å². The van der Waals surface area contributed by atoms with Crippen molar-refractivity contribution in [2.75, 3.05) is 18.0 Å². The molecule has 0 saturated carbocycles. The van der Waals surface area contributed by atoms with Crippen molar-refractivity contribution in [2.45, 2.75) is 51.4 Å². The van der Waals surface area contributed by atoms with Crippen molar-refractivity contribution in [3.05, 3.63) is 30.7 Å². The van der Waals surface area contributed by atoms with Gasteiger partial charge in [0.25, 0.3) is 0 Å². The maximum Gasteiger partial charge on any atom is 0.491 e. The van der Waals surface area contributed by atoms with E-state index >= 15 is 0 Å². The molecule has 1 aromatic carbocycles. The number of ether oxygens (including phenoxy) is 1. The van der Waals surface area contributed by atoms with Crippen molar-refractivity contribution < 1.29 is 27.8 Å². The lowest BCUT2D eigenvalue weighted by Gasteiger charge is -2.36. The molecule has 0 spiro atoms. The molecule has 36 heavy (non-hydrogen) atoms. The van der Waals surface area contributed by atoms with E-state index in [9.17, 15) is 23.1 Å². The van der Waals surface area contributed by atoms with Gasteiger partial charge in [0.1, 0.15) is 17.2 Å². The average Bonchev–Trinajstić information content (AvgIpc) is 3.33. The van der Waals surface area contributed by atoms with Gasteiger partial charge in [-0.25, -0.2) is 9.78 Å². The fraction of sp³-hybridized carbons (Fsp3) is 0.435. The van der Waals surface area contributed by atoms with E-state index in [0.29, 0.717) is 30.6 Å². The topological polar surface area (TPSA) is 129 Å². The van der Waals surface area contributed by atoms with Crippen molar-refractivity contribution in [1.82, 2.24) is 30.7 Å². The first-order valence-corrected chi connectivity index (χ1v) is 11.3. The summed E-state index contributed by atoms with van der Waals surface area (Å²) in [7, 11) is 0. The van der Waals surface area contributed by atoms with Gasteiger partial charge in [-0.05, 0) is 51.3 Å². The third kappa shape index (κ3) is 5.90. The number of hydrogen-bond donors (Lipinski definition) is 3. The SMILES string of the molecule is CC(C)(C)NC1CCN(c2ncc(-c3c(O)cc(-c4cn[nH]c4)cc3OC(=O)C(F)(F)F)nn2)CC1. The largest absolute Gasteiger partial charge is 0.507 e. The Morgan fingerprint density at radius 1 is 1.14 bits per heavy atom. The standard InChI is InChI=1S/C23H26F3N7O3/c1-22(2,3)30-15-4-6-33(7-5-15)21-27-12-16(31-32-21)19-17(34)8-13(14-10-28-29-11-14)9-18(19)36-20(35)23(24,25)26/h8-12,15,30,34H,4-7H2,1-3H3,(H,28,29). The number of carbonyl (C=O) groups is 1. The second-order valence-corrected chi connectivity index (χ2v) is 9.54. The molecule has 3 heterocycles. The lowest BCUT2D eigenvalue weighted by atomic mass is 10.0. The zero-order valence-electron chi connectivity index (χ0n) is 19.9. The van der Waals surface area contributed by atoms with E-state index in [1.807, 2.05) is 4.90 Å². The monoisotopic (exact) mass is 505 g/mol. The van der Waals surface area contributed by atoms with Crippen LogP contribution in [0.5, 0.6) is 11.5 Å². The highest BCUT2D eigenvalue weighted by molar-refractivity contribution is 5.85. The van der Waals surface area contributed by atoms with Crippen LogP contribution in [0, 0.1) is 0 Å². The molecule has 3 N–H and O–H groups in total. The average molecular weight is 506 g/mol. The molecule has 1 saturated heterocycles. The van der Waals surface area contributed by atoms with Gasteiger partial charge >= 0.3 is 12.1 Å². The molecule has 1 aliphatic heterocycles. The van der Waals surface area contributed by atoms with Gasteiger partial charge in [-0.15, -0.1) is 10.2 Å². The van der Waals surface area contributed by atoms with Crippen molar-refractivity contribution in [2.24, 2.45) is 0 Å². The third-order valence-corrected chi connectivity index (χ3v) is 5.57. The minimum absolute atomic E-state index is 0.00891. The lowest BCUT2D eigenvalue weighted by Crippen LogP contribution is -2.49. The summed E-state index contributed by atoms with van der Waals surface area (Å²) in [4.78, 5) is 17.9. The Morgan fingerprint density at radius 3 is 2.42 bits per heavy atom. The highest BCUT2D eigenvalue weighted by Gasteiger charge is 2.42. The number of benzene rings is 1. The van der Waals surface area contributed by atoms with Crippen LogP contribution in [0.2, 0.25) is 0 Å².